The van der Waals surface area contributed by atoms with E-state index in [4.69, 9.17) is 25.5 Å². The van der Waals surface area contributed by atoms with Gasteiger partial charge in [0.1, 0.15) is 17.2 Å². The number of hydrogen-bond acceptors (Lipinski definition) is 6. The summed E-state index contributed by atoms with van der Waals surface area (Å²) in [6.45, 7) is 10.6. The molecule has 0 spiro atoms. The van der Waals surface area contributed by atoms with E-state index in [0.29, 0.717) is 11.8 Å². The fourth-order valence-electron chi connectivity index (χ4n) is 2.70. The van der Waals surface area contributed by atoms with Crippen LogP contribution in [0, 0.1) is 5.92 Å². The average molecular weight is 424 g/mol. The van der Waals surface area contributed by atoms with Crippen molar-refractivity contribution in [3.05, 3.63) is 39.2 Å². The molecule has 0 radical (unpaired) electrons. The SMILES string of the molecule is CCc1cc(=O)oc2cc(OC(=O)[C@H](NC(=O)OC(C)(C)C)C(C)C)c(Cl)cc12. The molecular weight excluding hydrogens is 398 g/mol. The molecule has 1 aromatic carbocycles. The monoisotopic (exact) mass is 423 g/mol. The normalized spacial score (nSPS) is 12.7. The third-order valence-electron chi connectivity index (χ3n) is 4.07. The van der Waals surface area contributed by atoms with Crippen LogP contribution in [-0.2, 0) is 16.0 Å². The van der Waals surface area contributed by atoms with E-state index in [1.807, 2.05) is 6.92 Å². The molecule has 1 amide bonds. The van der Waals surface area contributed by atoms with Gasteiger partial charge in [0.2, 0.25) is 0 Å². The average Bonchev–Trinajstić information content (AvgIpc) is 2.58. The molecule has 1 N–H and O–H groups in total. The number of rotatable bonds is 5. The van der Waals surface area contributed by atoms with Gasteiger partial charge in [-0.15, -0.1) is 0 Å². The van der Waals surface area contributed by atoms with Crippen molar-refractivity contribution in [3.8, 4) is 5.75 Å². The van der Waals surface area contributed by atoms with Crippen molar-refractivity contribution in [2.24, 2.45) is 5.92 Å². The van der Waals surface area contributed by atoms with E-state index in [2.05, 4.69) is 5.32 Å². The molecule has 158 valence electrons. The Balaban J connectivity index is 2.29. The standard InChI is InChI=1S/C21H26ClNO6/c1-7-12-8-17(24)27-15-10-16(14(22)9-13(12)15)28-19(25)18(11(2)3)23-20(26)29-21(4,5)6/h8-11,18H,7H2,1-6H3,(H,23,26)/t18-/m1/s1. The van der Waals surface area contributed by atoms with Crippen LogP contribution in [0.3, 0.4) is 0 Å². The van der Waals surface area contributed by atoms with Crippen LogP contribution in [0.15, 0.2) is 27.4 Å². The Kier molecular flexibility index (Phi) is 6.95. The second kappa shape index (κ2) is 8.86. The van der Waals surface area contributed by atoms with E-state index >= 15 is 0 Å². The second-order valence-corrected chi connectivity index (χ2v) is 8.42. The molecule has 0 aliphatic rings. The zero-order valence-electron chi connectivity index (χ0n) is 17.4. The first-order valence-corrected chi connectivity index (χ1v) is 9.76. The summed E-state index contributed by atoms with van der Waals surface area (Å²) in [5, 5.41) is 3.38. The van der Waals surface area contributed by atoms with Crippen LogP contribution in [0.1, 0.15) is 47.1 Å². The van der Waals surface area contributed by atoms with Gasteiger partial charge in [0, 0.05) is 17.5 Å². The topological polar surface area (TPSA) is 94.8 Å². The number of alkyl carbamates (subject to hydrolysis) is 1. The highest BCUT2D eigenvalue weighted by Crippen LogP contribution is 2.32. The van der Waals surface area contributed by atoms with Crippen LogP contribution < -0.4 is 15.7 Å². The first-order chi connectivity index (χ1) is 13.4. The molecule has 1 aromatic heterocycles. The number of aryl methyl sites for hydroxylation is 1. The third-order valence-corrected chi connectivity index (χ3v) is 4.36. The third kappa shape index (κ3) is 5.97. The predicted molar refractivity (Wildman–Crippen MR) is 111 cm³/mol. The maximum absolute atomic E-state index is 12.7. The Morgan fingerprint density at radius 3 is 2.41 bits per heavy atom. The highest BCUT2D eigenvalue weighted by Gasteiger charge is 2.29. The van der Waals surface area contributed by atoms with E-state index in [1.54, 1.807) is 40.7 Å². The van der Waals surface area contributed by atoms with Crippen molar-refractivity contribution in [3.63, 3.8) is 0 Å². The number of esters is 1. The maximum atomic E-state index is 12.7. The molecule has 1 heterocycles. The van der Waals surface area contributed by atoms with E-state index in [1.165, 1.54) is 12.1 Å². The van der Waals surface area contributed by atoms with Gasteiger partial charge in [-0.25, -0.2) is 14.4 Å². The molecule has 0 saturated heterocycles. The largest absolute Gasteiger partial charge is 0.444 e. The quantitative estimate of drug-likeness (QED) is 0.433. The molecule has 0 aliphatic carbocycles. The Hall–Kier alpha value is -2.54. The van der Waals surface area contributed by atoms with Crippen LogP contribution in [0.25, 0.3) is 11.0 Å². The minimum absolute atomic E-state index is 0.0391. The van der Waals surface area contributed by atoms with E-state index in [9.17, 15) is 14.4 Å². The van der Waals surface area contributed by atoms with Crippen LogP contribution in [0.5, 0.6) is 5.75 Å². The lowest BCUT2D eigenvalue weighted by Gasteiger charge is -2.24. The fraction of sp³-hybridized carbons (Fsp3) is 0.476. The van der Waals surface area contributed by atoms with Gasteiger partial charge in [-0.05, 0) is 44.7 Å². The molecule has 0 unspecified atom stereocenters. The summed E-state index contributed by atoms with van der Waals surface area (Å²) in [5.74, 6) is -0.933. The molecule has 1 atom stereocenters. The van der Waals surface area contributed by atoms with Gasteiger partial charge >= 0.3 is 17.7 Å². The van der Waals surface area contributed by atoms with Crippen molar-refractivity contribution in [1.29, 1.82) is 0 Å². The van der Waals surface area contributed by atoms with Gasteiger partial charge in [-0.1, -0.05) is 32.4 Å². The minimum Gasteiger partial charge on any atom is -0.444 e. The number of ether oxygens (including phenoxy) is 2. The number of carbonyl (C=O) groups is 2. The number of fused-ring (bicyclic) bond motifs is 1. The van der Waals surface area contributed by atoms with Gasteiger partial charge in [0.15, 0.2) is 5.75 Å². The molecule has 8 heteroatoms. The maximum Gasteiger partial charge on any atom is 0.408 e. The number of benzene rings is 1. The summed E-state index contributed by atoms with van der Waals surface area (Å²) < 4.78 is 15.8. The van der Waals surface area contributed by atoms with Crippen LogP contribution >= 0.6 is 11.6 Å². The highest BCUT2D eigenvalue weighted by molar-refractivity contribution is 6.33. The molecule has 0 saturated carbocycles. The summed E-state index contributed by atoms with van der Waals surface area (Å²) in [6.07, 6.45) is -0.108. The zero-order chi connectivity index (χ0) is 21.9. The fourth-order valence-corrected chi connectivity index (χ4v) is 2.91. The van der Waals surface area contributed by atoms with Crippen LogP contribution in [-0.4, -0.2) is 23.7 Å². The zero-order valence-corrected chi connectivity index (χ0v) is 18.2. The number of hydrogen-bond donors (Lipinski definition) is 1. The van der Waals surface area contributed by atoms with Crippen molar-refractivity contribution >= 4 is 34.6 Å². The molecule has 0 bridgehead atoms. The molecular formula is C21H26ClNO6. The lowest BCUT2D eigenvalue weighted by atomic mass is 10.0. The molecule has 29 heavy (non-hydrogen) atoms. The van der Waals surface area contributed by atoms with Gasteiger partial charge in [-0.3, -0.25) is 0 Å². The van der Waals surface area contributed by atoms with Gasteiger partial charge in [0.25, 0.3) is 0 Å². The second-order valence-electron chi connectivity index (χ2n) is 8.01. The molecule has 2 rings (SSSR count). The van der Waals surface area contributed by atoms with Crippen molar-refractivity contribution < 1.29 is 23.5 Å². The van der Waals surface area contributed by atoms with Crippen molar-refractivity contribution in [1.82, 2.24) is 5.32 Å². The highest BCUT2D eigenvalue weighted by atomic mass is 35.5. The lowest BCUT2D eigenvalue weighted by molar-refractivity contribution is -0.137. The Morgan fingerprint density at radius 2 is 1.86 bits per heavy atom. The number of amides is 1. The van der Waals surface area contributed by atoms with Gasteiger partial charge in [-0.2, -0.15) is 0 Å². The summed E-state index contributed by atoms with van der Waals surface area (Å²) in [4.78, 5) is 36.5. The minimum atomic E-state index is -0.953. The molecule has 0 aliphatic heterocycles. The first-order valence-electron chi connectivity index (χ1n) is 9.38. The molecule has 0 fully saturated rings. The summed E-state index contributed by atoms with van der Waals surface area (Å²) in [7, 11) is 0. The first kappa shape index (κ1) is 22.7. The van der Waals surface area contributed by atoms with E-state index < -0.39 is 29.3 Å². The summed E-state index contributed by atoms with van der Waals surface area (Å²) in [5.41, 5.74) is -0.155. The summed E-state index contributed by atoms with van der Waals surface area (Å²) >= 11 is 6.28. The Morgan fingerprint density at radius 1 is 1.21 bits per heavy atom. The molecule has 7 nitrogen and oxygen atoms in total. The van der Waals surface area contributed by atoms with Gasteiger partial charge in [0.05, 0.1) is 5.02 Å². The summed E-state index contributed by atoms with van der Waals surface area (Å²) in [6, 6.07) is 3.45. The van der Waals surface area contributed by atoms with Crippen molar-refractivity contribution in [2.45, 2.75) is 59.6 Å². The number of nitrogens with one attached hydrogen (secondary N) is 1. The smallest absolute Gasteiger partial charge is 0.408 e. The predicted octanol–water partition coefficient (Wildman–Crippen LogP) is 4.46. The van der Waals surface area contributed by atoms with E-state index in [-0.39, 0.29) is 22.3 Å². The lowest BCUT2D eigenvalue weighted by Crippen LogP contribution is -2.48. The van der Waals surface area contributed by atoms with Crippen LogP contribution in [0.4, 0.5) is 4.79 Å². The Labute approximate surface area is 174 Å². The van der Waals surface area contributed by atoms with Crippen molar-refractivity contribution in [2.75, 3.05) is 0 Å². The Bertz CT molecular complexity index is 974. The number of carbonyl (C=O) groups excluding carboxylic acids is 2. The van der Waals surface area contributed by atoms with Gasteiger partial charge < -0.3 is 19.2 Å². The number of halogens is 1. The van der Waals surface area contributed by atoms with Crippen LogP contribution in [0.2, 0.25) is 5.02 Å². The molecule has 2 aromatic rings. The van der Waals surface area contributed by atoms with E-state index in [0.717, 1.165) is 5.56 Å².